The van der Waals surface area contributed by atoms with Crippen LogP contribution in [0.3, 0.4) is 0 Å². The number of nitrogens with one attached hydrogen (secondary N) is 3. The van der Waals surface area contributed by atoms with E-state index in [4.69, 9.17) is 47.0 Å². The second-order valence-corrected chi connectivity index (χ2v) is 9.89. The average molecular weight is 538 g/mol. The molecule has 3 rings (SSSR count). The third-order valence-electron chi connectivity index (χ3n) is 4.77. The molecule has 0 saturated heterocycles. The zero-order valence-electron chi connectivity index (χ0n) is 17.5. The van der Waals surface area contributed by atoms with Gasteiger partial charge >= 0.3 is 0 Å². The van der Waals surface area contributed by atoms with E-state index in [0.29, 0.717) is 0 Å². The van der Waals surface area contributed by atoms with Crippen molar-refractivity contribution in [1.29, 1.82) is 0 Å². The smallest absolute Gasteiger partial charge is 0.292 e. The van der Waals surface area contributed by atoms with Crippen LogP contribution in [0.5, 0.6) is 0 Å². The first-order valence-electron chi connectivity index (χ1n) is 9.94. The molecule has 0 aromatic heterocycles. The van der Waals surface area contributed by atoms with Crippen molar-refractivity contribution in [3.05, 3.63) is 106 Å². The number of alkyl halides is 3. The molecule has 3 N–H and O–H groups in total. The number of nitrogens with zero attached hydrogens (tertiary/aromatic N) is 1. The Kier molecular flexibility index (Phi) is 8.68. The summed E-state index contributed by atoms with van der Waals surface area (Å²) in [5.74, 6) is -1.12. The van der Waals surface area contributed by atoms with E-state index in [0.717, 1.165) is 11.1 Å². The van der Waals surface area contributed by atoms with Crippen molar-refractivity contribution in [3.63, 3.8) is 0 Å². The van der Waals surface area contributed by atoms with E-state index in [1.807, 2.05) is 60.7 Å². The van der Waals surface area contributed by atoms with Crippen LogP contribution >= 0.6 is 47.0 Å². The molecular weight excluding hydrogens is 519 g/mol. The zero-order chi connectivity index (χ0) is 24.7. The van der Waals surface area contributed by atoms with E-state index < -0.39 is 26.7 Å². The Bertz CT molecular complexity index is 1120. The first-order chi connectivity index (χ1) is 16.2. The predicted octanol–water partition coefficient (Wildman–Crippen LogP) is 5.53. The van der Waals surface area contributed by atoms with Gasteiger partial charge in [0.05, 0.1) is 10.8 Å². The first kappa shape index (κ1) is 25.7. The highest BCUT2D eigenvalue weighted by atomic mass is 35.6. The monoisotopic (exact) mass is 536 g/mol. The van der Waals surface area contributed by atoms with E-state index in [1.165, 1.54) is 18.2 Å². The first-order valence-corrected chi connectivity index (χ1v) is 11.5. The Hall–Kier alpha value is -2.91. The minimum atomic E-state index is -2.00. The lowest BCUT2D eigenvalue weighted by Crippen LogP contribution is -2.57. The van der Waals surface area contributed by atoms with Crippen LogP contribution in [-0.2, 0) is 4.79 Å². The van der Waals surface area contributed by atoms with Gasteiger partial charge in [0.1, 0.15) is 11.9 Å². The molecule has 0 saturated carbocycles. The van der Waals surface area contributed by atoms with Crippen molar-refractivity contribution in [1.82, 2.24) is 10.6 Å². The Labute approximate surface area is 216 Å². The molecule has 176 valence electrons. The molecule has 0 aliphatic heterocycles. The maximum absolute atomic E-state index is 13.4. The van der Waals surface area contributed by atoms with Gasteiger partial charge < -0.3 is 16.0 Å². The van der Waals surface area contributed by atoms with Crippen LogP contribution in [0.15, 0.2) is 84.9 Å². The number of hydrogen-bond acceptors (Lipinski definition) is 4. The van der Waals surface area contributed by atoms with Gasteiger partial charge in [0.25, 0.3) is 5.69 Å². The Morgan fingerprint density at radius 1 is 0.853 bits per heavy atom. The van der Waals surface area contributed by atoms with E-state index in [2.05, 4.69) is 16.0 Å². The van der Waals surface area contributed by atoms with E-state index in [1.54, 1.807) is 6.07 Å². The molecule has 1 amide bonds. The van der Waals surface area contributed by atoms with Crippen molar-refractivity contribution in [3.8, 4) is 0 Å². The highest BCUT2D eigenvalue weighted by Crippen LogP contribution is 2.31. The molecule has 11 heteroatoms. The minimum Gasteiger partial charge on any atom is -0.339 e. The summed E-state index contributed by atoms with van der Waals surface area (Å²) >= 11 is 23.6. The van der Waals surface area contributed by atoms with Crippen LogP contribution in [0.25, 0.3) is 0 Å². The number of carbonyl (C=O) groups is 1. The molecule has 0 fully saturated rings. The second kappa shape index (κ2) is 11.5. The molecule has 0 aliphatic rings. The topological polar surface area (TPSA) is 96.3 Å². The molecule has 0 radical (unpaired) electrons. The van der Waals surface area contributed by atoms with Gasteiger partial charge in [-0.1, -0.05) is 108 Å². The molecule has 34 heavy (non-hydrogen) atoms. The highest BCUT2D eigenvalue weighted by Gasteiger charge is 2.37. The molecule has 7 nitrogen and oxygen atoms in total. The lowest BCUT2D eigenvalue weighted by molar-refractivity contribution is -0.383. The number of carbonyl (C=O) groups excluding carboxylic acids is 1. The second-order valence-electron chi connectivity index (χ2n) is 7.11. The maximum atomic E-state index is 13.4. The molecule has 3 aromatic rings. The van der Waals surface area contributed by atoms with Gasteiger partial charge in [0, 0.05) is 6.07 Å². The van der Waals surface area contributed by atoms with Gasteiger partial charge in [0.2, 0.25) is 9.70 Å². The average Bonchev–Trinajstić information content (AvgIpc) is 2.80. The van der Waals surface area contributed by atoms with Crippen molar-refractivity contribution < 1.29 is 9.72 Å². The van der Waals surface area contributed by atoms with Gasteiger partial charge in [-0.25, -0.2) is 0 Å². The molecule has 0 unspecified atom stereocenters. The molecule has 0 spiro atoms. The summed E-state index contributed by atoms with van der Waals surface area (Å²) in [4.78, 5) is 24.1. The fourth-order valence-electron chi connectivity index (χ4n) is 3.24. The Morgan fingerprint density at radius 3 is 1.85 bits per heavy atom. The molecular formula is C23H19Cl3N4O3S. The number of rotatable bonds is 7. The Balaban J connectivity index is 1.82. The lowest BCUT2D eigenvalue weighted by Gasteiger charge is -2.29. The summed E-state index contributed by atoms with van der Waals surface area (Å²) in [6.45, 7) is 0. The van der Waals surface area contributed by atoms with Crippen LogP contribution in [0.4, 0.5) is 11.4 Å². The normalized spacial score (nSPS) is 12.0. The van der Waals surface area contributed by atoms with E-state index in [9.17, 15) is 14.9 Å². The number of anilines is 1. The summed E-state index contributed by atoms with van der Waals surface area (Å²) in [5, 5.41) is 19.3. The van der Waals surface area contributed by atoms with Crippen molar-refractivity contribution >= 4 is 69.4 Å². The summed E-state index contributed by atoms with van der Waals surface area (Å²) < 4.78 is -2.00. The number of halogens is 3. The number of amides is 1. The molecule has 1 atom stereocenters. The van der Waals surface area contributed by atoms with Crippen molar-refractivity contribution in [2.24, 2.45) is 0 Å². The van der Waals surface area contributed by atoms with Gasteiger partial charge in [-0.3, -0.25) is 14.9 Å². The fraction of sp³-hybridized carbons (Fsp3) is 0.130. The van der Waals surface area contributed by atoms with Crippen molar-refractivity contribution in [2.45, 2.75) is 15.9 Å². The van der Waals surface area contributed by atoms with Gasteiger partial charge in [-0.05, 0) is 29.4 Å². The van der Waals surface area contributed by atoms with Gasteiger partial charge in [0.15, 0.2) is 5.11 Å². The largest absolute Gasteiger partial charge is 0.339 e. The Morgan fingerprint density at radius 2 is 1.35 bits per heavy atom. The number of thiocarbonyl (C=S) groups is 1. The third kappa shape index (κ3) is 6.80. The lowest BCUT2D eigenvalue weighted by atomic mass is 9.90. The molecule has 0 heterocycles. The fourth-order valence-corrected chi connectivity index (χ4v) is 3.79. The SMILES string of the molecule is O=C(N[C@@H](NC(=S)Nc1ccccc1[N+](=O)[O-])C(Cl)(Cl)Cl)C(c1ccccc1)c1ccccc1. The zero-order valence-corrected chi connectivity index (χ0v) is 20.5. The number of nitro groups is 1. The molecule has 3 aromatic carbocycles. The van der Waals surface area contributed by atoms with E-state index >= 15 is 0 Å². The number of nitro benzene ring substituents is 1. The van der Waals surface area contributed by atoms with Crippen LogP contribution in [-0.4, -0.2) is 25.9 Å². The van der Waals surface area contributed by atoms with E-state index in [-0.39, 0.29) is 16.5 Å². The molecule has 0 bridgehead atoms. The predicted molar refractivity (Wildman–Crippen MR) is 139 cm³/mol. The van der Waals surface area contributed by atoms with Crippen molar-refractivity contribution in [2.75, 3.05) is 5.32 Å². The van der Waals surface area contributed by atoms with Crippen LogP contribution in [0.1, 0.15) is 17.0 Å². The van der Waals surface area contributed by atoms with Crippen LogP contribution < -0.4 is 16.0 Å². The minimum absolute atomic E-state index is 0.0816. The van der Waals surface area contributed by atoms with Gasteiger partial charge in [-0.15, -0.1) is 0 Å². The third-order valence-corrected chi connectivity index (χ3v) is 5.64. The summed E-state index contributed by atoms with van der Waals surface area (Å²) in [6, 6.07) is 24.3. The maximum Gasteiger partial charge on any atom is 0.292 e. The summed E-state index contributed by atoms with van der Waals surface area (Å²) in [7, 11) is 0. The van der Waals surface area contributed by atoms with Crippen LogP contribution in [0, 0.1) is 10.1 Å². The highest BCUT2D eigenvalue weighted by molar-refractivity contribution is 7.80. The van der Waals surface area contributed by atoms with Gasteiger partial charge in [-0.2, -0.15) is 0 Å². The molecule has 0 aliphatic carbocycles. The quantitative estimate of drug-likeness (QED) is 0.121. The van der Waals surface area contributed by atoms with Crippen LogP contribution in [0.2, 0.25) is 0 Å². The number of hydrogen-bond donors (Lipinski definition) is 3. The standard InChI is InChI=1S/C23H19Cl3N4O3S/c24-23(25,26)21(29-22(34)27-17-13-7-8-14-18(17)30(32)33)28-20(31)19(15-9-3-1-4-10-15)16-11-5-2-6-12-16/h1-14,19,21H,(H,28,31)(H2,27,29,34)/t21-/m0/s1. The number of para-hydroxylation sites is 2. The number of benzene rings is 3. The summed E-state index contributed by atoms with van der Waals surface area (Å²) in [5.41, 5.74) is 1.45. The summed E-state index contributed by atoms with van der Waals surface area (Å²) in [6.07, 6.45) is -1.25.